The van der Waals surface area contributed by atoms with Crippen molar-refractivity contribution in [1.29, 1.82) is 0 Å². The van der Waals surface area contributed by atoms with E-state index in [0.29, 0.717) is 24.4 Å². The van der Waals surface area contributed by atoms with Crippen molar-refractivity contribution in [2.45, 2.75) is 38.1 Å². The lowest BCUT2D eigenvalue weighted by atomic mass is 9.77. The molecule has 0 atom stereocenters. The zero-order chi connectivity index (χ0) is 22.6. The maximum atomic E-state index is 12.9. The lowest BCUT2D eigenvalue weighted by Gasteiger charge is -2.33. The van der Waals surface area contributed by atoms with Gasteiger partial charge in [0.1, 0.15) is 18.6 Å². The quantitative estimate of drug-likeness (QED) is 0.456. The molecule has 31 heavy (non-hydrogen) atoms. The summed E-state index contributed by atoms with van der Waals surface area (Å²) < 4.78 is 4.46. The molecule has 1 aromatic carbocycles. The minimum absolute atomic E-state index is 0.229. The van der Waals surface area contributed by atoms with E-state index in [2.05, 4.69) is 27.6 Å². The Bertz CT molecular complexity index is 907. The second kappa shape index (κ2) is 9.15. The molecule has 1 heterocycles. The van der Waals surface area contributed by atoms with Crippen molar-refractivity contribution in [1.82, 2.24) is 15.5 Å². The second-order valence-electron chi connectivity index (χ2n) is 7.97. The number of urea groups is 1. The molecule has 10 heteroatoms. The first-order chi connectivity index (χ1) is 14.7. The number of esters is 1. The Morgan fingerprint density at radius 2 is 1.94 bits per heavy atom. The van der Waals surface area contributed by atoms with Crippen LogP contribution in [0.2, 0.25) is 0 Å². The molecule has 0 unspecified atom stereocenters. The van der Waals surface area contributed by atoms with Crippen LogP contribution >= 0.6 is 0 Å². The molecular weight excluding hydrogens is 404 g/mol. The number of nitrogens with zero attached hydrogens (tertiary/aromatic N) is 1. The average Bonchev–Trinajstić information content (AvgIpc) is 2.98. The van der Waals surface area contributed by atoms with Crippen LogP contribution in [0.15, 0.2) is 24.3 Å². The van der Waals surface area contributed by atoms with Crippen molar-refractivity contribution in [2.75, 3.05) is 25.5 Å². The third kappa shape index (κ3) is 5.01. The van der Waals surface area contributed by atoms with Crippen LogP contribution in [0.3, 0.4) is 0 Å². The molecular formula is C21H26N4O6. The van der Waals surface area contributed by atoms with Crippen LogP contribution < -0.4 is 16.0 Å². The lowest BCUT2D eigenvalue weighted by molar-refractivity contribution is -0.139. The Balaban J connectivity index is 1.59. The molecule has 0 radical (unpaired) electrons. The van der Waals surface area contributed by atoms with Gasteiger partial charge in [-0.25, -0.2) is 4.79 Å². The maximum absolute atomic E-state index is 12.9. The van der Waals surface area contributed by atoms with Crippen LogP contribution in [0.5, 0.6) is 0 Å². The summed E-state index contributed by atoms with van der Waals surface area (Å²) in [4.78, 5) is 61.9. The number of imide groups is 1. The fourth-order valence-electron chi connectivity index (χ4n) is 3.82. The van der Waals surface area contributed by atoms with Crippen LogP contribution in [0, 0.1) is 5.92 Å². The number of anilines is 1. The van der Waals surface area contributed by atoms with Crippen LogP contribution in [0.1, 0.15) is 43.0 Å². The van der Waals surface area contributed by atoms with Gasteiger partial charge in [0, 0.05) is 11.3 Å². The predicted octanol–water partition coefficient (Wildman–Crippen LogP) is 1.03. The highest BCUT2D eigenvalue weighted by Crippen LogP contribution is 2.36. The Labute approximate surface area is 179 Å². The molecule has 1 spiro atoms. The summed E-state index contributed by atoms with van der Waals surface area (Å²) in [5.74, 6) is -1.52. The van der Waals surface area contributed by atoms with E-state index in [0.717, 1.165) is 17.7 Å². The highest BCUT2D eigenvalue weighted by Gasteiger charge is 2.52. The molecule has 1 saturated carbocycles. The molecule has 10 nitrogen and oxygen atoms in total. The SMILES string of the molecule is COC(=O)CNC(=O)c1cccc(NC(=O)CN2C(=O)NC3(CCC(C)CC3)C2=O)c1. The molecule has 1 aromatic rings. The Kier molecular flexibility index (Phi) is 6.57. The summed E-state index contributed by atoms with van der Waals surface area (Å²) in [6, 6.07) is 5.53. The molecule has 3 N–H and O–H groups in total. The molecule has 1 aliphatic heterocycles. The van der Waals surface area contributed by atoms with E-state index in [1.165, 1.54) is 19.2 Å². The summed E-state index contributed by atoms with van der Waals surface area (Å²) in [5.41, 5.74) is -0.349. The number of benzene rings is 1. The average molecular weight is 430 g/mol. The van der Waals surface area contributed by atoms with Crippen molar-refractivity contribution in [3.8, 4) is 0 Å². The van der Waals surface area contributed by atoms with Crippen molar-refractivity contribution >= 4 is 35.4 Å². The van der Waals surface area contributed by atoms with Crippen LogP contribution in [-0.4, -0.2) is 60.4 Å². The highest BCUT2D eigenvalue weighted by atomic mass is 16.5. The maximum Gasteiger partial charge on any atom is 0.325 e. The van der Waals surface area contributed by atoms with Crippen LogP contribution in [0.4, 0.5) is 10.5 Å². The van der Waals surface area contributed by atoms with Gasteiger partial charge >= 0.3 is 12.0 Å². The highest BCUT2D eigenvalue weighted by molar-refractivity contribution is 6.10. The van der Waals surface area contributed by atoms with Gasteiger partial charge in [0.2, 0.25) is 5.91 Å². The van der Waals surface area contributed by atoms with Gasteiger partial charge in [-0.05, 0) is 49.8 Å². The number of methoxy groups -OCH3 is 1. The van der Waals surface area contributed by atoms with Gasteiger partial charge in [0.15, 0.2) is 0 Å². The third-order valence-electron chi connectivity index (χ3n) is 5.70. The fourth-order valence-corrected chi connectivity index (χ4v) is 3.82. The molecule has 5 amide bonds. The van der Waals surface area contributed by atoms with Gasteiger partial charge in [0.25, 0.3) is 11.8 Å². The van der Waals surface area contributed by atoms with E-state index in [4.69, 9.17) is 0 Å². The molecule has 0 bridgehead atoms. The number of rotatable bonds is 6. The van der Waals surface area contributed by atoms with E-state index < -0.39 is 35.9 Å². The topological polar surface area (TPSA) is 134 Å². The number of carbonyl (C=O) groups is 5. The normalized spacial score (nSPS) is 22.8. The van der Waals surface area contributed by atoms with Gasteiger partial charge in [-0.2, -0.15) is 0 Å². The monoisotopic (exact) mass is 430 g/mol. The smallest absolute Gasteiger partial charge is 0.325 e. The zero-order valence-electron chi connectivity index (χ0n) is 17.5. The molecule has 2 fully saturated rings. The number of carbonyl (C=O) groups excluding carboxylic acids is 5. The number of ether oxygens (including phenoxy) is 1. The minimum atomic E-state index is -0.901. The van der Waals surface area contributed by atoms with Gasteiger partial charge < -0.3 is 20.7 Å². The molecule has 166 valence electrons. The van der Waals surface area contributed by atoms with Gasteiger partial charge in [0.05, 0.1) is 7.11 Å². The predicted molar refractivity (Wildman–Crippen MR) is 110 cm³/mol. The first kappa shape index (κ1) is 22.3. The van der Waals surface area contributed by atoms with Crippen molar-refractivity contribution in [3.05, 3.63) is 29.8 Å². The second-order valence-corrected chi connectivity index (χ2v) is 7.97. The standard InChI is InChI=1S/C21H26N4O6/c1-13-6-8-21(9-7-13)19(29)25(20(30)24-21)12-16(26)23-15-5-3-4-14(10-15)18(28)22-11-17(27)31-2/h3-5,10,13H,6-9,11-12H2,1-2H3,(H,22,28)(H,23,26)(H,24,30). The van der Waals surface area contributed by atoms with Gasteiger partial charge in [-0.1, -0.05) is 13.0 Å². The summed E-state index contributed by atoms with van der Waals surface area (Å²) >= 11 is 0. The first-order valence-corrected chi connectivity index (χ1v) is 10.1. The van der Waals surface area contributed by atoms with Crippen molar-refractivity contribution in [2.24, 2.45) is 5.92 Å². The van der Waals surface area contributed by atoms with E-state index in [1.54, 1.807) is 12.1 Å². The van der Waals surface area contributed by atoms with E-state index in [1.807, 2.05) is 0 Å². The molecule has 0 aromatic heterocycles. The Morgan fingerprint density at radius 1 is 1.23 bits per heavy atom. The number of hydrogen-bond acceptors (Lipinski definition) is 6. The largest absolute Gasteiger partial charge is 0.468 e. The summed E-state index contributed by atoms with van der Waals surface area (Å²) in [6.45, 7) is 1.42. The number of amides is 5. The van der Waals surface area contributed by atoms with Crippen molar-refractivity contribution < 1.29 is 28.7 Å². The molecule has 1 aliphatic carbocycles. The van der Waals surface area contributed by atoms with Crippen molar-refractivity contribution in [3.63, 3.8) is 0 Å². The molecule has 3 rings (SSSR count). The summed E-state index contributed by atoms with van der Waals surface area (Å²) in [5, 5.41) is 7.78. The van der Waals surface area contributed by atoms with E-state index in [-0.39, 0.29) is 18.0 Å². The van der Waals surface area contributed by atoms with Crippen LogP contribution in [0.25, 0.3) is 0 Å². The lowest BCUT2D eigenvalue weighted by Crippen LogP contribution is -2.49. The van der Waals surface area contributed by atoms with Gasteiger partial charge in [-0.3, -0.25) is 24.1 Å². The molecule has 1 saturated heterocycles. The zero-order valence-corrected chi connectivity index (χ0v) is 17.5. The summed E-state index contributed by atoms with van der Waals surface area (Å²) in [7, 11) is 1.21. The minimum Gasteiger partial charge on any atom is -0.468 e. The summed E-state index contributed by atoms with van der Waals surface area (Å²) in [6.07, 6.45) is 2.83. The van der Waals surface area contributed by atoms with E-state index in [9.17, 15) is 24.0 Å². The van der Waals surface area contributed by atoms with Gasteiger partial charge in [-0.15, -0.1) is 0 Å². The van der Waals surface area contributed by atoms with Crippen LogP contribution in [-0.2, 0) is 19.1 Å². The number of nitrogens with one attached hydrogen (secondary N) is 3. The third-order valence-corrected chi connectivity index (χ3v) is 5.70. The first-order valence-electron chi connectivity index (χ1n) is 10.1. The Morgan fingerprint density at radius 3 is 2.61 bits per heavy atom. The molecule has 2 aliphatic rings. The number of hydrogen-bond donors (Lipinski definition) is 3. The van der Waals surface area contributed by atoms with E-state index >= 15 is 0 Å². The Hall–Kier alpha value is -3.43. The fraction of sp³-hybridized carbons (Fsp3) is 0.476.